The first-order valence-electron chi connectivity index (χ1n) is 7.58. The second-order valence-corrected chi connectivity index (χ2v) is 7.26. The van der Waals surface area contributed by atoms with Crippen molar-refractivity contribution in [1.29, 1.82) is 0 Å². The van der Waals surface area contributed by atoms with Crippen molar-refractivity contribution in [2.24, 2.45) is 0 Å². The predicted octanol–water partition coefficient (Wildman–Crippen LogP) is 5.42. The summed E-state index contributed by atoms with van der Waals surface area (Å²) in [7, 11) is 0. The van der Waals surface area contributed by atoms with Gasteiger partial charge in [-0.1, -0.05) is 59.7 Å². The average Bonchev–Trinajstić information content (AvgIpc) is 2.94. The Morgan fingerprint density at radius 1 is 0.905 bits per heavy atom. The highest BCUT2D eigenvalue weighted by atomic mass is 32.2. The van der Waals surface area contributed by atoms with Gasteiger partial charge in [0.2, 0.25) is 0 Å². The highest BCUT2D eigenvalue weighted by molar-refractivity contribution is 7.99. The molecule has 0 fully saturated rings. The highest BCUT2D eigenvalue weighted by Crippen LogP contribution is 2.60. The van der Waals surface area contributed by atoms with Gasteiger partial charge < -0.3 is 0 Å². The first-order chi connectivity index (χ1) is 10.2. The van der Waals surface area contributed by atoms with Gasteiger partial charge in [0.1, 0.15) is 0 Å². The molecule has 0 heterocycles. The molecule has 21 heavy (non-hydrogen) atoms. The fraction of sp³-hybridized carbons (Fsp3) is 0.300. The van der Waals surface area contributed by atoms with Crippen molar-refractivity contribution >= 4 is 11.8 Å². The van der Waals surface area contributed by atoms with E-state index < -0.39 is 0 Å². The number of benzene rings is 2. The van der Waals surface area contributed by atoms with Crippen LogP contribution < -0.4 is 0 Å². The molecule has 2 aliphatic carbocycles. The van der Waals surface area contributed by atoms with E-state index in [-0.39, 0.29) is 5.41 Å². The smallest absolute Gasteiger partial charge is 0.0408 e. The zero-order chi connectivity index (χ0) is 14.6. The number of hydrogen-bond donors (Lipinski definition) is 0. The van der Waals surface area contributed by atoms with Gasteiger partial charge in [0.05, 0.1) is 0 Å². The normalized spacial score (nSPS) is 21.8. The van der Waals surface area contributed by atoms with E-state index in [0.717, 1.165) is 0 Å². The lowest BCUT2D eigenvalue weighted by atomic mass is 9.74. The molecule has 0 aromatic heterocycles. The van der Waals surface area contributed by atoms with Gasteiger partial charge in [-0.2, -0.15) is 11.8 Å². The van der Waals surface area contributed by atoms with Crippen molar-refractivity contribution in [1.82, 2.24) is 0 Å². The van der Waals surface area contributed by atoms with Gasteiger partial charge in [-0.15, -0.1) is 0 Å². The molecule has 0 saturated heterocycles. The Labute approximate surface area is 131 Å². The zero-order valence-corrected chi connectivity index (χ0v) is 13.6. The van der Waals surface area contributed by atoms with Crippen molar-refractivity contribution < 1.29 is 0 Å². The van der Waals surface area contributed by atoms with Gasteiger partial charge in [-0.25, -0.2) is 0 Å². The number of thioether (sulfide) groups is 1. The summed E-state index contributed by atoms with van der Waals surface area (Å²) in [6.07, 6.45) is 3.43. The number of rotatable bonds is 1. The Kier molecular flexibility index (Phi) is 2.84. The van der Waals surface area contributed by atoms with E-state index in [1.807, 2.05) is 11.8 Å². The second-order valence-electron chi connectivity index (χ2n) is 6.32. The summed E-state index contributed by atoms with van der Waals surface area (Å²) in [5.41, 5.74) is 9.24. The van der Waals surface area contributed by atoms with Crippen LogP contribution in [0, 0.1) is 0 Å². The van der Waals surface area contributed by atoms with Crippen LogP contribution in [0.2, 0.25) is 0 Å². The summed E-state index contributed by atoms with van der Waals surface area (Å²) in [6, 6.07) is 18.0. The molecular weight excluding hydrogens is 272 g/mol. The summed E-state index contributed by atoms with van der Waals surface area (Å²) in [5, 5.41) is 0.558. The van der Waals surface area contributed by atoms with E-state index in [0.29, 0.717) is 5.25 Å². The standard InChI is InChI=1S/C20H20S/c1-13-12-20(19(21-3)14(13)2)17-10-6-4-8-15(17)16-9-5-7-11-18(16)20/h4-11,19H,12H2,1-3H3. The second kappa shape index (κ2) is 4.51. The highest BCUT2D eigenvalue weighted by Gasteiger charge is 2.52. The molecule has 0 nitrogen and oxygen atoms in total. The maximum Gasteiger partial charge on any atom is 0.0408 e. The molecule has 4 rings (SSSR count). The van der Waals surface area contributed by atoms with Gasteiger partial charge in [-0.3, -0.25) is 0 Å². The van der Waals surface area contributed by atoms with Crippen LogP contribution in [-0.2, 0) is 5.41 Å². The Morgan fingerprint density at radius 3 is 1.95 bits per heavy atom. The van der Waals surface area contributed by atoms with E-state index in [1.165, 1.54) is 28.7 Å². The molecule has 0 amide bonds. The molecule has 0 aliphatic heterocycles. The van der Waals surface area contributed by atoms with Crippen LogP contribution >= 0.6 is 11.8 Å². The zero-order valence-electron chi connectivity index (χ0n) is 12.8. The molecule has 2 aliphatic rings. The monoisotopic (exact) mass is 292 g/mol. The minimum absolute atomic E-state index is 0.154. The number of hydrogen-bond acceptors (Lipinski definition) is 1. The van der Waals surface area contributed by atoms with Crippen molar-refractivity contribution in [3.8, 4) is 11.1 Å². The molecule has 2 aromatic rings. The lowest BCUT2D eigenvalue weighted by molar-refractivity contribution is 0.570. The topological polar surface area (TPSA) is 0 Å². The summed E-state index contributed by atoms with van der Waals surface area (Å²) in [5.74, 6) is 0. The minimum atomic E-state index is 0.154. The first-order valence-corrected chi connectivity index (χ1v) is 8.87. The Morgan fingerprint density at radius 2 is 1.43 bits per heavy atom. The molecule has 1 spiro atoms. The van der Waals surface area contributed by atoms with Gasteiger partial charge in [0.25, 0.3) is 0 Å². The summed E-state index contributed by atoms with van der Waals surface area (Å²) in [6.45, 7) is 4.64. The predicted molar refractivity (Wildman–Crippen MR) is 93.0 cm³/mol. The van der Waals surface area contributed by atoms with E-state index in [2.05, 4.69) is 68.6 Å². The van der Waals surface area contributed by atoms with Crippen molar-refractivity contribution in [3.05, 3.63) is 70.8 Å². The van der Waals surface area contributed by atoms with Crippen LogP contribution in [-0.4, -0.2) is 11.5 Å². The first kappa shape index (κ1) is 13.2. The molecule has 0 saturated carbocycles. The lowest BCUT2D eigenvalue weighted by Gasteiger charge is -2.34. The van der Waals surface area contributed by atoms with Crippen LogP contribution in [0.4, 0.5) is 0 Å². The van der Waals surface area contributed by atoms with Crippen molar-refractivity contribution in [2.45, 2.75) is 30.9 Å². The van der Waals surface area contributed by atoms with E-state index in [1.54, 1.807) is 11.1 Å². The van der Waals surface area contributed by atoms with E-state index in [4.69, 9.17) is 0 Å². The number of fused-ring (bicyclic) bond motifs is 5. The molecule has 1 unspecified atom stereocenters. The van der Waals surface area contributed by atoms with Crippen LogP contribution in [0.1, 0.15) is 31.4 Å². The average molecular weight is 292 g/mol. The van der Waals surface area contributed by atoms with Crippen LogP contribution in [0.15, 0.2) is 59.7 Å². The molecule has 0 N–H and O–H groups in total. The Hall–Kier alpha value is -1.47. The third kappa shape index (κ3) is 1.53. The lowest BCUT2D eigenvalue weighted by Crippen LogP contribution is -2.33. The molecule has 0 radical (unpaired) electrons. The van der Waals surface area contributed by atoms with Crippen molar-refractivity contribution in [3.63, 3.8) is 0 Å². The molecule has 1 atom stereocenters. The maximum atomic E-state index is 2.35. The third-order valence-electron chi connectivity index (χ3n) is 5.40. The van der Waals surface area contributed by atoms with Gasteiger partial charge in [0.15, 0.2) is 0 Å². The Bertz CT molecular complexity index is 708. The van der Waals surface area contributed by atoms with Gasteiger partial charge in [0, 0.05) is 10.7 Å². The summed E-state index contributed by atoms with van der Waals surface area (Å²) >= 11 is 2.01. The molecule has 0 bridgehead atoms. The molecule has 2 aromatic carbocycles. The Balaban J connectivity index is 2.06. The van der Waals surface area contributed by atoms with Crippen LogP contribution in [0.3, 0.4) is 0 Å². The maximum absolute atomic E-state index is 2.35. The van der Waals surface area contributed by atoms with Gasteiger partial charge in [-0.05, 0) is 48.8 Å². The van der Waals surface area contributed by atoms with Crippen molar-refractivity contribution in [2.75, 3.05) is 6.26 Å². The summed E-state index contributed by atoms with van der Waals surface area (Å²) < 4.78 is 0. The largest absolute Gasteiger partial charge is 0.156 e. The van der Waals surface area contributed by atoms with E-state index in [9.17, 15) is 0 Å². The summed E-state index contributed by atoms with van der Waals surface area (Å²) in [4.78, 5) is 0. The van der Waals surface area contributed by atoms with Crippen LogP contribution in [0.25, 0.3) is 11.1 Å². The fourth-order valence-corrected chi connectivity index (χ4v) is 5.75. The molecule has 106 valence electrons. The molecular formula is C20H20S. The minimum Gasteiger partial charge on any atom is -0.156 e. The number of allylic oxidation sites excluding steroid dienone is 1. The van der Waals surface area contributed by atoms with Gasteiger partial charge >= 0.3 is 0 Å². The van der Waals surface area contributed by atoms with Crippen LogP contribution in [0.5, 0.6) is 0 Å². The van der Waals surface area contributed by atoms with E-state index >= 15 is 0 Å². The third-order valence-corrected chi connectivity index (χ3v) is 6.63. The molecule has 1 heteroatoms. The quantitative estimate of drug-likeness (QED) is 0.632. The SMILES string of the molecule is CSC1C(C)=C(C)CC12c1ccccc1-c1ccccc12. The fourth-order valence-electron chi connectivity index (χ4n) is 4.45.